The fourth-order valence-electron chi connectivity index (χ4n) is 3.90. The number of halogens is 1. The van der Waals surface area contributed by atoms with Gasteiger partial charge < -0.3 is 9.30 Å². The van der Waals surface area contributed by atoms with E-state index in [0.29, 0.717) is 36.2 Å². The van der Waals surface area contributed by atoms with E-state index in [1.54, 1.807) is 10.6 Å². The molecule has 1 atom stereocenters. The number of ether oxygens (including phenoxy) is 1. The Morgan fingerprint density at radius 3 is 2.51 bits per heavy atom. The van der Waals surface area contributed by atoms with Crippen LogP contribution < -0.4 is 9.94 Å². The number of fused-ring (bicyclic) bond motifs is 1. The molecule has 2 aromatic carbocycles. The van der Waals surface area contributed by atoms with E-state index < -0.39 is 37.8 Å². The fraction of sp³-hybridized carbons (Fsp3) is 0.333. The molecule has 4 rings (SSSR count). The van der Waals surface area contributed by atoms with Crippen LogP contribution in [0.1, 0.15) is 12.8 Å². The first kappa shape index (κ1) is 25.6. The maximum Gasteiger partial charge on any atom is 0.266 e. The highest BCUT2D eigenvalue weighted by Gasteiger charge is 2.39. The molecule has 35 heavy (non-hydrogen) atoms. The van der Waals surface area contributed by atoms with Gasteiger partial charge >= 0.3 is 0 Å². The molecule has 0 radical (unpaired) electrons. The van der Waals surface area contributed by atoms with Crippen molar-refractivity contribution in [1.82, 2.24) is 8.87 Å². The van der Waals surface area contributed by atoms with Crippen LogP contribution in [-0.4, -0.2) is 57.9 Å². The summed E-state index contributed by atoms with van der Waals surface area (Å²) in [6, 6.07) is 7.77. The second-order valence-corrected chi connectivity index (χ2v) is 12.3. The summed E-state index contributed by atoms with van der Waals surface area (Å²) in [7, 11) is -6.44. The van der Waals surface area contributed by atoms with Crippen LogP contribution in [0.5, 0.6) is 0 Å². The number of carbonyl (C=O) groups excluding carboxylic acids is 1. The average Bonchev–Trinajstić information content (AvgIpc) is 3.42. The van der Waals surface area contributed by atoms with E-state index in [2.05, 4.69) is 4.99 Å². The number of nitrogens with two attached hydrogens (primary N) is 1. The molecule has 1 fully saturated rings. The summed E-state index contributed by atoms with van der Waals surface area (Å²) in [6.07, 6.45) is 0.765. The first-order chi connectivity index (χ1) is 16.5. The van der Waals surface area contributed by atoms with Gasteiger partial charge in [-0.05, 0) is 55.3 Å². The molecule has 3 aromatic rings. The number of amides is 1. The highest BCUT2D eigenvalue weighted by atomic mass is 32.2. The predicted molar refractivity (Wildman–Crippen MR) is 127 cm³/mol. The number of methoxy groups -OCH3 is 1. The van der Waals surface area contributed by atoms with Gasteiger partial charge in [0.1, 0.15) is 11.9 Å². The van der Waals surface area contributed by atoms with Gasteiger partial charge in [0.15, 0.2) is 4.80 Å². The average molecular weight is 543 g/mol. The van der Waals surface area contributed by atoms with Crippen molar-refractivity contribution in [2.45, 2.75) is 35.2 Å². The van der Waals surface area contributed by atoms with Crippen LogP contribution in [0.2, 0.25) is 0 Å². The van der Waals surface area contributed by atoms with Gasteiger partial charge in [0.2, 0.25) is 20.0 Å². The van der Waals surface area contributed by atoms with Crippen LogP contribution in [-0.2, 0) is 36.1 Å². The van der Waals surface area contributed by atoms with Crippen molar-refractivity contribution in [3.8, 4) is 0 Å². The first-order valence-electron chi connectivity index (χ1n) is 10.5. The maximum absolute atomic E-state index is 13.3. The molecule has 2 heterocycles. The molecule has 1 aromatic heterocycles. The van der Waals surface area contributed by atoms with E-state index in [1.165, 1.54) is 19.2 Å². The lowest BCUT2D eigenvalue weighted by atomic mass is 10.2. The van der Waals surface area contributed by atoms with Crippen molar-refractivity contribution < 1.29 is 30.8 Å². The fourth-order valence-corrected chi connectivity index (χ4v) is 7.27. The third kappa shape index (κ3) is 5.22. The van der Waals surface area contributed by atoms with Crippen LogP contribution >= 0.6 is 11.3 Å². The minimum Gasteiger partial charge on any atom is -0.383 e. The molecule has 1 unspecified atom stereocenters. The monoisotopic (exact) mass is 542 g/mol. The number of sulfonamides is 2. The number of nitrogens with zero attached hydrogens (tertiary/aromatic N) is 3. The van der Waals surface area contributed by atoms with Crippen molar-refractivity contribution in [2.24, 2.45) is 10.1 Å². The summed E-state index contributed by atoms with van der Waals surface area (Å²) in [5, 5.41) is 5.24. The molecule has 0 aliphatic carbocycles. The molecular formula is C21H23FN4O6S3. The molecule has 1 aliphatic rings. The maximum atomic E-state index is 13.3. The molecule has 0 bridgehead atoms. The quantitative estimate of drug-likeness (QED) is 0.479. The van der Waals surface area contributed by atoms with Gasteiger partial charge in [-0.25, -0.2) is 26.4 Å². The molecule has 1 aliphatic heterocycles. The van der Waals surface area contributed by atoms with Crippen molar-refractivity contribution in [3.05, 3.63) is 53.1 Å². The van der Waals surface area contributed by atoms with Gasteiger partial charge in [0, 0.05) is 20.2 Å². The third-order valence-electron chi connectivity index (χ3n) is 5.62. The van der Waals surface area contributed by atoms with Gasteiger partial charge in [0.25, 0.3) is 5.91 Å². The summed E-state index contributed by atoms with van der Waals surface area (Å²) in [5.74, 6) is -1.21. The molecule has 188 valence electrons. The Bertz CT molecular complexity index is 1550. The standard InChI is InChI=1S/C21H23FN4O6S3/c1-32-12-11-25-17-9-8-16(34(23,28)29)13-19(17)33-21(25)24-20(27)18-3-2-10-26(18)35(30,31)15-6-4-14(22)5-7-15/h4-9,13,18H,2-3,10-12H2,1H3,(H2,23,28,29). The normalized spacial score (nSPS) is 17.9. The zero-order valence-electron chi connectivity index (χ0n) is 18.6. The number of hydrogen-bond acceptors (Lipinski definition) is 7. The Hall–Kier alpha value is -2.49. The minimum absolute atomic E-state index is 0.0737. The molecule has 0 saturated carbocycles. The minimum atomic E-state index is -4.03. The van der Waals surface area contributed by atoms with Gasteiger partial charge in [0.05, 0.1) is 26.6 Å². The summed E-state index contributed by atoms with van der Waals surface area (Å²) in [6.45, 7) is 0.775. The predicted octanol–water partition coefficient (Wildman–Crippen LogP) is 1.42. The Kier molecular flexibility index (Phi) is 7.22. The van der Waals surface area contributed by atoms with Crippen LogP contribution in [0.4, 0.5) is 4.39 Å². The second kappa shape index (κ2) is 9.87. The Morgan fingerprint density at radius 2 is 1.86 bits per heavy atom. The molecule has 14 heteroatoms. The van der Waals surface area contributed by atoms with Gasteiger partial charge in [-0.3, -0.25) is 4.79 Å². The van der Waals surface area contributed by atoms with E-state index in [-0.39, 0.29) is 21.1 Å². The third-order valence-corrected chi connectivity index (χ3v) is 9.49. The number of carbonyl (C=O) groups is 1. The number of rotatable bonds is 7. The molecule has 1 saturated heterocycles. The summed E-state index contributed by atoms with van der Waals surface area (Å²) in [5.41, 5.74) is 0.633. The van der Waals surface area contributed by atoms with E-state index in [9.17, 15) is 26.0 Å². The lowest BCUT2D eigenvalue weighted by Crippen LogP contribution is -2.40. The number of primary sulfonamides is 1. The van der Waals surface area contributed by atoms with Crippen LogP contribution in [0.25, 0.3) is 10.2 Å². The van der Waals surface area contributed by atoms with Crippen LogP contribution in [0.3, 0.4) is 0 Å². The molecule has 1 amide bonds. The van der Waals surface area contributed by atoms with Crippen molar-refractivity contribution in [3.63, 3.8) is 0 Å². The Labute approximate surface area is 205 Å². The molecule has 2 N–H and O–H groups in total. The molecule has 0 spiro atoms. The largest absolute Gasteiger partial charge is 0.383 e. The SMILES string of the molecule is COCCn1c(=NC(=O)C2CCCN2S(=O)(=O)c2ccc(F)cc2)sc2cc(S(N)(=O)=O)ccc21. The summed E-state index contributed by atoms with van der Waals surface area (Å²) in [4.78, 5) is 17.5. The van der Waals surface area contributed by atoms with Crippen molar-refractivity contribution in [2.75, 3.05) is 20.3 Å². The number of thiazole rings is 1. The van der Waals surface area contributed by atoms with Gasteiger partial charge in [-0.1, -0.05) is 11.3 Å². The highest BCUT2D eigenvalue weighted by Crippen LogP contribution is 2.27. The Morgan fingerprint density at radius 1 is 1.17 bits per heavy atom. The number of benzene rings is 2. The van der Waals surface area contributed by atoms with E-state index in [0.717, 1.165) is 39.9 Å². The molecular weight excluding hydrogens is 519 g/mol. The van der Waals surface area contributed by atoms with Crippen molar-refractivity contribution in [1.29, 1.82) is 0 Å². The molecule has 10 nitrogen and oxygen atoms in total. The van der Waals surface area contributed by atoms with E-state index in [4.69, 9.17) is 9.88 Å². The number of aromatic nitrogens is 1. The first-order valence-corrected chi connectivity index (χ1v) is 14.3. The van der Waals surface area contributed by atoms with Gasteiger partial charge in [-0.2, -0.15) is 9.30 Å². The summed E-state index contributed by atoms with van der Waals surface area (Å²) >= 11 is 1.09. The van der Waals surface area contributed by atoms with Crippen LogP contribution in [0, 0.1) is 5.82 Å². The zero-order chi connectivity index (χ0) is 25.4. The zero-order valence-corrected chi connectivity index (χ0v) is 21.1. The highest BCUT2D eigenvalue weighted by molar-refractivity contribution is 7.89. The Balaban J connectivity index is 1.74. The van der Waals surface area contributed by atoms with Crippen LogP contribution in [0.15, 0.2) is 57.2 Å². The smallest absolute Gasteiger partial charge is 0.266 e. The lowest BCUT2D eigenvalue weighted by Gasteiger charge is -2.21. The lowest BCUT2D eigenvalue weighted by molar-refractivity contribution is -0.121. The summed E-state index contributed by atoms with van der Waals surface area (Å²) < 4.78 is 71.5. The van der Waals surface area contributed by atoms with Gasteiger partial charge in [-0.15, -0.1) is 0 Å². The van der Waals surface area contributed by atoms with Crippen molar-refractivity contribution >= 4 is 47.5 Å². The second-order valence-electron chi connectivity index (χ2n) is 7.88. The van der Waals surface area contributed by atoms with E-state index in [1.807, 2.05) is 0 Å². The van der Waals surface area contributed by atoms with E-state index >= 15 is 0 Å². The topological polar surface area (TPSA) is 141 Å². The number of hydrogen-bond donors (Lipinski definition) is 1.